The van der Waals surface area contributed by atoms with E-state index in [1.807, 2.05) is 6.07 Å². The van der Waals surface area contributed by atoms with Gasteiger partial charge in [0.05, 0.1) is 5.69 Å². The standard InChI is InChI=1S/C9H6BrF2N/c10-6-1-2-7-5(3-6)4-8(13-7)9(11)12/h1-4,9,13H. The van der Waals surface area contributed by atoms with Gasteiger partial charge in [-0.3, -0.25) is 0 Å². The molecule has 4 heteroatoms. The molecule has 0 fully saturated rings. The number of halogens is 3. The van der Waals surface area contributed by atoms with Crippen LogP contribution in [-0.2, 0) is 0 Å². The van der Waals surface area contributed by atoms with E-state index in [2.05, 4.69) is 20.9 Å². The Kier molecular flexibility index (Phi) is 2.07. The van der Waals surface area contributed by atoms with Crippen molar-refractivity contribution in [3.8, 4) is 0 Å². The van der Waals surface area contributed by atoms with Crippen molar-refractivity contribution in [1.82, 2.24) is 4.98 Å². The quantitative estimate of drug-likeness (QED) is 0.786. The van der Waals surface area contributed by atoms with Crippen molar-refractivity contribution in [2.75, 3.05) is 0 Å². The van der Waals surface area contributed by atoms with Gasteiger partial charge in [0.1, 0.15) is 0 Å². The van der Waals surface area contributed by atoms with Crippen LogP contribution in [0.5, 0.6) is 0 Å². The lowest BCUT2D eigenvalue weighted by atomic mass is 10.2. The summed E-state index contributed by atoms with van der Waals surface area (Å²) in [7, 11) is 0. The zero-order valence-electron chi connectivity index (χ0n) is 6.52. The molecule has 0 aliphatic heterocycles. The Morgan fingerprint density at radius 2 is 2.00 bits per heavy atom. The molecule has 1 N–H and O–H groups in total. The van der Waals surface area contributed by atoms with E-state index in [-0.39, 0.29) is 5.69 Å². The normalized spacial score (nSPS) is 11.4. The highest BCUT2D eigenvalue weighted by molar-refractivity contribution is 9.10. The van der Waals surface area contributed by atoms with E-state index in [1.165, 1.54) is 6.07 Å². The van der Waals surface area contributed by atoms with Crippen LogP contribution in [0.25, 0.3) is 10.9 Å². The van der Waals surface area contributed by atoms with Crippen LogP contribution in [-0.4, -0.2) is 4.98 Å². The molecule has 13 heavy (non-hydrogen) atoms. The van der Waals surface area contributed by atoms with Crippen LogP contribution in [0.2, 0.25) is 0 Å². The molecule has 0 aliphatic carbocycles. The third-order valence-corrected chi connectivity index (χ3v) is 2.33. The number of H-pyrrole nitrogens is 1. The highest BCUT2D eigenvalue weighted by Crippen LogP contribution is 2.25. The monoisotopic (exact) mass is 245 g/mol. The molecule has 0 bridgehead atoms. The Morgan fingerprint density at radius 1 is 1.23 bits per heavy atom. The van der Waals surface area contributed by atoms with Crippen LogP contribution in [0.4, 0.5) is 8.78 Å². The van der Waals surface area contributed by atoms with Gasteiger partial charge in [-0.1, -0.05) is 15.9 Å². The van der Waals surface area contributed by atoms with Crippen LogP contribution in [0.15, 0.2) is 28.7 Å². The molecular weight excluding hydrogens is 240 g/mol. The van der Waals surface area contributed by atoms with E-state index in [9.17, 15) is 8.78 Å². The molecule has 1 nitrogen and oxygen atoms in total. The Hall–Kier alpha value is -0.900. The Morgan fingerprint density at radius 3 is 2.69 bits per heavy atom. The third kappa shape index (κ3) is 1.58. The van der Waals surface area contributed by atoms with Gasteiger partial charge in [0.25, 0.3) is 6.43 Å². The first kappa shape index (κ1) is 8.69. The highest BCUT2D eigenvalue weighted by Gasteiger charge is 2.09. The maximum Gasteiger partial charge on any atom is 0.278 e. The van der Waals surface area contributed by atoms with Crippen molar-refractivity contribution in [3.63, 3.8) is 0 Å². The van der Waals surface area contributed by atoms with Crippen molar-refractivity contribution in [2.24, 2.45) is 0 Å². The lowest BCUT2D eigenvalue weighted by Gasteiger charge is -1.90. The summed E-state index contributed by atoms with van der Waals surface area (Å²) in [6.07, 6.45) is -2.44. The molecule has 0 aliphatic rings. The van der Waals surface area contributed by atoms with E-state index in [0.717, 1.165) is 15.4 Å². The van der Waals surface area contributed by atoms with Gasteiger partial charge >= 0.3 is 0 Å². The molecule has 1 heterocycles. The summed E-state index contributed by atoms with van der Waals surface area (Å²) >= 11 is 3.28. The molecule has 0 saturated carbocycles. The summed E-state index contributed by atoms with van der Waals surface area (Å²) in [5.74, 6) is 0. The third-order valence-electron chi connectivity index (χ3n) is 1.84. The molecular formula is C9H6BrF2N. The van der Waals surface area contributed by atoms with E-state index in [0.29, 0.717) is 0 Å². The first-order valence-electron chi connectivity index (χ1n) is 3.73. The number of aromatic amines is 1. The molecule has 0 unspecified atom stereocenters. The van der Waals surface area contributed by atoms with E-state index in [1.54, 1.807) is 12.1 Å². The van der Waals surface area contributed by atoms with Crippen molar-refractivity contribution in [3.05, 3.63) is 34.4 Å². The Bertz CT molecular complexity index is 436. The number of aromatic nitrogens is 1. The molecule has 0 saturated heterocycles. The van der Waals surface area contributed by atoms with Crippen LogP contribution < -0.4 is 0 Å². The molecule has 1 aromatic heterocycles. The smallest absolute Gasteiger partial charge is 0.278 e. The summed E-state index contributed by atoms with van der Waals surface area (Å²) in [5, 5.41) is 0.796. The minimum Gasteiger partial charge on any atom is -0.354 e. The zero-order chi connectivity index (χ0) is 9.42. The number of nitrogens with one attached hydrogen (secondary N) is 1. The lowest BCUT2D eigenvalue weighted by molar-refractivity contribution is 0.147. The summed E-state index contributed by atoms with van der Waals surface area (Å²) in [5.41, 5.74) is 0.701. The SMILES string of the molecule is FC(F)c1cc2cc(Br)ccc2[nH]1. The average Bonchev–Trinajstić information content (AvgIpc) is 2.46. The number of fused-ring (bicyclic) bond motifs is 1. The maximum atomic E-state index is 12.3. The highest BCUT2D eigenvalue weighted by atomic mass is 79.9. The molecule has 0 radical (unpaired) electrons. The second kappa shape index (κ2) is 3.10. The largest absolute Gasteiger partial charge is 0.354 e. The van der Waals surface area contributed by atoms with Gasteiger partial charge < -0.3 is 4.98 Å². The van der Waals surface area contributed by atoms with Crippen molar-refractivity contribution < 1.29 is 8.78 Å². The number of hydrogen-bond acceptors (Lipinski definition) is 0. The van der Waals surface area contributed by atoms with Crippen LogP contribution >= 0.6 is 15.9 Å². The molecule has 0 spiro atoms. The van der Waals surface area contributed by atoms with Gasteiger partial charge in [0.2, 0.25) is 0 Å². The van der Waals surface area contributed by atoms with Gasteiger partial charge in [-0.05, 0) is 24.3 Å². The zero-order valence-corrected chi connectivity index (χ0v) is 8.11. The Labute approximate surface area is 81.9 Å². The predicted molar refractivity (Wildman–Crippen MR) is 51.0 cm³/mol. The number of rotatable bonds is 1. The predicted octanol–water partition coefficient (Wildman–Crippen LogP) is 3.87. The average molecular weight is 246 g/mol. The molecule has 68 valence electrons. The summed E-state index contributed by atoms with van der Waals surface area (Å²) < 4.78 is 25.4. The maximum absolute atomic E-state index is 12.3. The molecule has 1 aromatic carbocycles. The number of hydrogen-bond donors (Lipinski definition) is 1. The molecule has 2 aromatic rings. The van der Waals surface area contributed by atoms with Gasteiger partial charge in [-0.25, -0.2) is 8.78 Å². The van der Waals surface area contributed by atoms with Crippen LogP contribution in [0.3, 0.4) is 0 Å². The lowest BCUT2D eigenvalue weighted by Crippen LogP contribution is -1.80. The second-order valence-corrected chi connectivity index (χ2v) is 3.67. The van der Waals surface area contributed by atoms with Crippen molar-refractivity contribution in [1.29, 1.82) is 0 Å². The fourth-order valence-corrected chi connectivity index (χ4v) is 1.62. The fraction of sp³-hybridized carbons (Fsp3) is 0.111. The van der Waals surface area contributed by atoms with Gasteiger partial charge in [-0.2, -0.15) is 0 Å². The summed E-state index contributed by atoms with van der Waals surface area (Å²) in [4.78, 5) is 2.65. The summed E-state index contributed by atoms with van der Waals surface area (Å²) in [6.45, 7) is 0. The van der Waals surface area contributed by atoms with E-state index >= 15 is 0 Å². The minimum absolute atomic E-state index is 0.0342. The van der Waals surface area contributed by atoms with Gasteiger partial charge in [-0.15, -0.1) is 0 Å². The summed E-state index contributed by atoms with van der Waals surface area (Å²) in [6, 6.07) is 6.85. The molecule has 0 amide bonds. The topological polar surface area (TPSA) is 15.8 Å². The van der Waals surface area contributed by atoms with Gasteiger partial charge in [0.15, 0.2) is 0 Å². The van der Waals surface area contributed by atoms with Crippen molar-refractivity contribution in [2.45, 2.75) is 6.43 Å². The second-order valence-electron chi connectivity index (χ2n) is 2.76. The van der Waals surface area contributed by atoms with Gasteiger partial charge in [0, 0.05) is 15.4 Å². The first-order chi connectivity index (χ1) is 6.16. The molecule has 0 atom stereocenters. The molecule has 2 rings (SSSR count). The van der Waals surface area contributed by atoms with E-state index < -0.39 is 6.43 Å². The van der Waals surface area contributed by atoms with Crippen molar-refractivity contribution >= 4 is 26.8 Å². The number of benzene rings is 1. The fourth-order valence-electron chi connectivity index (χ4n) is 1.24. The Balaban J connectivity index is 2.62. The van der Waals surface area contributed by atoms with Crippen LogP contribution in [0, 0.1) is 0 Å². The van der Waals surface area contributed by atoms with Crippen LogP contribution in [0.1, 0.15) is 12.1 Å². The first-order valence-corrected chi connectivity index (χ1v) is 4.52. The minimum atomic E-state index is -2.44. The van der Waals surface area contributed by atoms with E-state index in [4.69, 9.17) is 0 Å². The number of alkyl halides is 2.